The van der Waals surface area contributed by atoms with Crippen molar-refractivity contribution in [2.75, 3.05) is 11.9 Å². The van der Waals surface area contributed by atoms with Gasteiger partial charge in [-0.2, -0.15) is 5.10 Å². The number of carbonyl (C=O) groups excluding carboxylic acids is 2. The molecule has 2 amide bonds. The maximum atomic E-state index is 13.0. The Labute approximate surface area is 169 Å². The molecule has 7 nitrogen and oxygen atoms in total. The molecule has 28 heavy (non-hydrogen) atoms. The highest BCUT2D eigenvalue weighted by Crippen LogP contribution is 2.35. The number of hydrogen-bond acceptors (Lipinski definition) is 4. The summed E-state index contributed by atoms with van der Waals surface area (Å²) >= 11 is 6.03. The van der Waals surface area contributed by atoms with Crippen LogP contribution < -0.4 is 15.8 Å². The number of rotatable bonds is 7. The Morgan fingerprint density at radius 2 is 2.04 bits per heavy atom. The number of primary amides is 1. The van der Waals surface area contributed by atoms with Crippen molar-refractivity contribution in [3.05, 3.63) is 40.0 Å². The van der Waals surface area contributed by atoms with Crippen LogP contribution >= 0.6 is 11.6 Å². The number of benzene rings is 1. The van der Waals surface area contributed by atoms with Crippen molar-refractivity contribution in [1.29, 1.82) is 0 Å². The fourth-order valence-corrected chi connectivity index (χ4v) is 3.82. The van der Waals surface area contributed by atoms with E-state index in [4.69, 9.17) is 22.1 Å². The maximum Gasteiger partial charge on any atom is 0.260 e. The predicted molar refractivity (Wildman–Crippen MR) is 108 cm³/mol. The molecule has 8 heteroatoms. The Bertz CT molecular complexity index is 888. The van der Waals surface area contributed by atoms with Crippen LogP contribution in [0.3, 0.4) is 0 Å². The summed E-state index contributed by atoms with van der Waals surface area (Å²) in [4.78, 5) is 25.2. The second-order valence-electron chi connectivity index (χ2n) is 6.80. The molecule has 0 spiro atoms. The third-order valence-electron chi connectivity index (χ3n) is 4.95. The van der Waals surface area contributed by atoms with Crippen molar-refractivity contribution in [2.24, 2.45) is 5.73 Å². The van der Waals surface area contributed by atoms with Crippen LogP contribution in [0.5, 0.6) is 5.75 Å². The largest absolute Gasteiger partial charge is 0.493 e. The van der Waals surface area contributed by atoms with E-state index in [1.807, 2.05) is 13.8 Å². The van der Waals surface area contributed by atoms with Gasteiger partial charge in [0.25, 0.3) is 11.8 Å². The highest BCUT2D eigenvalue weighted by molar-refractivity contribution is 6.31. The summed E-state index contributed by atoms with van der Waals surface area (Å²) in [6, 6.07) is 4.97. The van der Waals surface area contributed by atoms with Crippen molar-refractivity contribution < 1.29 is 14.3 Å². The summed E-state index contributed by atoms with van der Waals surface area (Å²) in [6.45, 7) is 4.13. The number of nitrogens with zero attached hydrogens (tertiary/aromatic N) is 2. The van der Waals surface area contributed by atoms with Gasteiger partial charge in [0.05, 0.1) is 23.9 Å². The smallest absolute Gasteiger partial charge is 0.260 e. The normalized spacial score (nSPS) is 14.2. The predicted octanol–water partition coefficient (Wildman–Crippen LogP) is 3.96. The average molecular weight is 405 g/mol. The van der Waals surface area contributed by atoms with Gasteiger partial charge in [0, 0.05) is 5.02 Å². The molecular weight excluding hydrogens is 380 g/mol. The molecule has 1 heterocycles. The number of ether oxygens (including phenoxy) is 1. The molecule has 0 radical (unpaired) electrons. The van der Waals surface area contributed by atoms with Crippen molar-refractivity contribution in [2.45, 2.75) is 52.0 Å². The van der Waals surface area contributed by atoms with E-state index in [2.05, 4.69) is 10.4 Å². The summed E-state index contributed by atoms with van der Waals surface area (Å²) in [7, 11) is 0. The van der Waals surface area contributed by atoms with Gasteiger partial charge in [-0.1, -0.05) is 31.4 Å². The molecule has 0 unspecified atom stereocenters. The zero-order valence-corrected chi connectivity index (χ0v) is 16.9. The summed E-state index contributed by atoms with van der Waals surface area (Å²) in [5, 5.41) is 7.94. The average Bonchev–Trinajstić information content (AvgIpc) is 3.29. The van der Waals surface area contributed by atoms with Gasteiger partial charge in [0.15, 0.2) is 0 Å². The summed E-state index contributed by atoms with van der Waals surface area (Å²) in [6.07, 6.45) is 4.65. The number of aryl methyl sites for hydroxylation is 1. The highest BCUT2D eigenvalue weighted by Gasteiger charge is 2.29. The van der Waals surface area contributed by atoms with Crippen molar-refractivity contribution in [1.82, 2.24) is 9.78 Å². The van der Waals surface area contributed by atoms with Gasteiger partial charge < -0.3 is 15.8 Å². The van der Waals surface area contributed by atoms with E-state index in [1.165, 1.54) is 0 Å². The molecule has 3 N–H and O–H groups in total. The number of hydrogen-bond donors (Lipinski definition) is 2. The minimum absolute atomic E-state index is 0.144. The number of aromatic nitrogens is 2. The van der Waals surface area contributed by atoms with Gasteiger partial charge >= 0.3 is 0 Å². The standard InChI is InChI=1S/C20H25ClN4O3/c1-3-15-17(18(22)26)19(25(24-15)13-7-5-6-8-13)23-20(27)14-10-9-12(21)11-16(14)28-4-2/h9-11,13H,3-8H2,1-2H3,(H2,22,26)(H,23,27). The van der Waals surface area contributed by atoms with E-state index in [1.54, 1.807) is 22.9 Å². The minimum Gasteiger partial charge on any atom is -0.493 e. The second-order valence-corrected chi connectivity index (χ2v) is 7.24. The first-order valence-electron chi connectivity index (χ1n) is 9.61. The molecule has 3 rings (SSSR count). The van der Waals surface area contributed by atoms with Crippen molar-refractivity contribution >= 4 is 29.2 Å². The molecule has 0 atom stereocenters. The second kappa shape index (κ2) is 8.65. The molecule has 1 fully saturated rings. The van der Waals surface area contributed by atoms with Gasteiger partial charge in [0.2, 0.25) is 0 Å². The van der Waals surface area contributed by atoms with Crippen LogP contribution in [0.2, 0.25) is 5.02 Å². The number of anilines is 1. The van der Waals surface area contributed by atoms with Gasteiger partial charge in [-0.3, -0.25) is 9.59 Å². The number of halogens is 1. The summed E-state index contributed by atoms with van der Waals surface area (Å²) < 4.78 is 7.32. The number of nitrogens with two attached hydrogens (primary N) is 1. The molecule has 0 saturated heterocycles. The summed E-state index contributed by atoms with van der Waals surface area (Å²) in [5.74, 6) is -0.253. The first kappa shape index (κ1) is 20.2. The van der Waals surface area contributed by atoms with Crippen LogP contribution in [0.25, 0.3) is 0 Å². The SMILES string of the molecule is CCOc1cc(Cl)ccc1C(=O)Nc1c(C(N)=O)c(CC)nn1C1CCCC1. The van der Waals surface area contributed by atoms with Crippen LogP contribution in [0.1, 0.15) is 72.0 Å². The Balaban J connectivity index is 2.02. The Morgan fingerprint density at radius 3 is 2.64 bits per heavy atom. The third kappa shape index (κ3) is 3.99. The van der Waals surface area contributed by atoms with E-state index in [-0.39, 0.29) is 11.6 Å². The van der Waals surface area contributed by atoms with Crippen LogP contribution in [-0.4, -0.2) is 28.2 Å². The first-order chi connectivity index (χ1) is 13.5. The molecular formula is C20H25ClN4O3. The Hall–Kier alpha value is -2.54. The van der Waals surface area contributed by atoms with Gasteiger partial charge in [-0.15, -0.1) is 0 Å². The van der Waals surface area contributed by atoms with Crippen LogP contribution in [0.15, 0.2) is 18.2 Å². The van der Waals surface area contributed by atoms with Crippen LogP contribution in [0.4, 0.5) is 5.82 Å². The van der Waals surface area contributed by atoms with Gasteiger partial charge in [-0.05, 0) is 44.4 Å². The van der Waals surface area contributed by atoms with Crippen molar-refractivity contribution in [3.63, 3.8) is 0 Å². The van der Waals surface area contributed by atoms with E-state index in [0.29, 0.717) is 40.9 Å². The van der Waals surface area contributed by atoms with E-state index in [0.717, 1.165) is 25.7 Å². The molecule has 1 aromatic carbocycles. The lowest BCUT2D eigenvalue weighted by Gasteiger charge is -2.16. The highest BCUT2D eigenvalue weighted by atomic mass is 35.5. The fraction of sp³-hybridized carbons (Fsp3) is 0.450. The molecule has 1 saturated carbocycles. The zero-order chi connectivity index (χ0) is 20.3. The topological polar surface area (TPSA) is 99.2 Å². The monoisotopic (exact) mass is 404 g/mol. The number of nitrogens with one attached hydrogen (secondary N) is 1. The van der Waals surface area contributed by atoms with Crippen LogP contribution in [-0.2, 0) is 6.42 Å². The zero-order valence-electron chi connectivity index (χ0n) is 16.1. The third-order valence-corrected chi connectivity index (χ3v) is 5.19. The molecule has 1 aromatic heterocycles. The molecule has 0 bridgehead atoms. The van der Waals surface area contributed by atoms with E-state index >= 15 is 0 Å². The molecule has 2 aromatic rings. The number of amides is 2. The van der Waals surface area contributed by atoms with Gasteiger partial charge in [0.1, 0.15) is 17.1 Å². The Morgan fingerprint density at radius 1 is 1.32 bits per heavy atom. The van der Waals surface area contributed by atoms with Crippen LogP contribution in [0, 0.1) is 0 Å². The first-order valence-corrected chi connectivity index (χ1v) is 9.98. The summed E-state index contributed by atoms with van der Waals surface area (Å²) in [5.41, 5.74) is 6.83. The lowest BCUT2D eigenvalue weighted by Crippen LogP contribution is -2.22. The lowest BCUT2D eigenvalue weighted by atomic mass is 10.1. The van der Waals surface area contributed by atoms with E-state index in [9.17, 15) is 9.59 Å². The number of carbonyl (C=O) groups is 2. The van der Waals surface area contributed by atoms with Crippen molar-refractivity contribution in [3.8, 4) is 5.75 Å². The lowest BCUT2D eigenvalue weighted by molar-refractivity contribution is 0.1000. The fourth-order valence-electron chi connectivity index (χ4n) is 3.65. The Kier molecular flexibility index (Phi) is 6.24. The van der Waals surface area contributed by atoms with Gasteiger partial charge in [-0.25, -0.2) is 4.68 Å². The molecule has 1 aliphatic carbocycles. The molecule has 1 aliphatic rings. The molecule has 0 aliphatic heterocycles. The molecule has 150 valence electrons. The van der Waals surface area contributed by atoms with E-state index < -0.39 is 11.8 Å². The quantitative estimate of drug-likeness (QED) is 0.729. The minimum atomic E-state index is -0.600. The maximum absolute atomic E-state index is 13.0.